The van der Waals surface area contributed by atoms with Crippen molar-refractivity contribution in [2.75, 3.05) is 19.7 Å². The molecular weight excluding hydrogens is 170 g/mol. The number of likely N-dealkylation sites (tertiary alicyclic amines) is 1. The van der Waals surface area contributed by atoms with Crippen molar-refractivity contribution in [3.63, 3.8) is 0 Å². The fourth-order valence-electron chi connectivity index (χ4n) is 1.77. The third-order valence-corrected chi connectivity index (χ3v) is 2.94. The lowest BCUT2D eigenvalue weighted by Gasteiger charge is -2.34. The maximum absolute atomic E-state index is 9.63. The van der Waals surface area contributed by atoms with Gasteiger partial charge in [0.15, 0.2) is 0 Å². The zero-order chi connectivity index (χ0) is 10.1. The molecule has 1 aliphatic rings. The molecule has 2 atom stereocenters. The van der Waals surface area contributed by atoms with Gasteiger partial charge in [-0.1, -0.05) is 0 Å². The van der Waals surface area contributed by atoms with Crippen molar-refractivity contribution < 1.29 is 15.3 Å². The van der Waals surface area contributed by atoms with Crippen molar-refractivity contribution in [2.24, 2.45) is 0 Å². The highest BCUT2D eigenvalue weighted by atomic mass is 16.3. The average molecular weight is 189 g/mol. The molecule has 2 unspecified atom stereocenters. The molecule has 78 valence electrons. The molecule has 0 amide bonds. The minimum absolute atomic E-state index is 0.220. The topological polar surface area (TPSA) is 63.9 Å². The summed E-state index contributed by atoms with van der Waals surface area (Å²) >= 11 is 0. The molecule has 1 rings (SSSR count). The maximum atomic E-state index is 9.63. The zero-order valence-electron chi connectivity index (χ0n) is 8.27. The molecule has 1 saturated heterocycles. The molecule has 1 heterocycles. The Hall–Kier alpha value is -0.160. The Kier molecular flexibility index (Phi) is 3.29. The molecule has 4 nitrogen and oxygen atoms in total. The Morgan fingerprint density at radius 3 is 2.54 bits per heavy atom. The molecule has 0 saturated carbocycles. The molecule has 0 bridgehead atoms. The number of hydrogen-bond acceptors (Lipinski definition) is 4. The van der Waals surface area contributed by atoms with E-state index in [1.165, 1.54) is 0 Å². The summed E-state index contributed by atoms with van der Waals surface area (Å²) < 4.78 is 0. The minimum Gasteiger partial charge on any atom is -0.394 e. The second-order valence-corrected chi connectivity index (χ2v) is 4.24. The van der Waals surface area contributed by atoms with Crippen LogP contribution < -0.4 is 0 Å². The van der Waals surface area contributed by atoms with Crippen LogP contribution in [0.2, 0.25) is 0 Å². The second kappa shape index (κ2) is 3.92. The average Bonchev–Trinajstić information content (AvgIpc) is 2.31. The first-order valence-electron chi connectivity index (χ1n) is 4.70. The van der Waals surface area contributed by atoms with Gasteiger partial charge in [-0.15, -0.1) is 0 Å². The van der Waals surface area contributed by atoms with Crippen molar-refractivity contribution >= 4 is 0 Å². The van der Waals surface area contributed by atoms with Crippen LogP contribution in [0.5, 0.6) is 0 Å². The summed E-state index contributed by atoms with van der Waals surface area (Å²) in [6.07, 6.45) is -0.298. The number of aliphatic hydroxyl groups excluding tert-OH is 3. The summed E-state index contributed by atoms with van der Waals surface area (Å²) in [4.78, 5) is 2.01. The normalized spacial score (nSPS) is 30.7. The Bertz CT molecular complexity index is 172. The van der Waals surface area contributed by atoms with Gasteiger partial charge < -0.3 is 15.3 Å². The molecule has 0 aromatic carbocycles. The van der Waals surface area contributed by atoms with Crippen LogP contribution in [-0.2, 0) is 0 Å². The van der Waals surface area contributed by atoms with Crippen molar-refractivity contribution in [1.82, 2.24) is 4.90 Å². The number of β-amino-alcohol motifs (C(OH)–C–C–N with tert-alkyl or cyclic N) is 1. The summed E-state index contributed by atoms with van der Waals surface area (Å²) in [6, 6.07) is 0. The first kappa shape index (κ1) is 10.9. The van der Waals surface area contributed by atoms with Crippen LogP contribution in [0, 0.1) is 0 Å². The van der Waals surface area contributed by atoms with Gasteiger partial charge in [0.05, 0.1) is 18.8 Å². The monoisotopic (exact) mass is 189 g/mol. The van der Waals surface area contributed by atoms with Crippen molar-refractivity contribution in [2.45, 2.75) is 38.0 Å². The molecule has 0 aliphatic carbocycles. The maximum Gasteiger partial charge on any atom is 0.0897 e. The van der Waals surface area contributed by atoms with Crippen molar-refractivity contribution in [3.05, 3.63) is 0 Å². The van der Waals surface area contributed by atoms with Gasteiger partial charge in [0.1, 0.15) is 0 Å². The van der Waals surface area contributed by atoms with Gasteiger partial charge in [-0.3, -0.25) is 4.90 Å². The van der Waals surface area contributed by atoms with E-state index >= 15 is 0 Å². The van der Waals surface area contributed by atoms with E-state index in [0.717, 1.165) is 13.0 Å². The highest BCUT2D eigenvalue weighted by molar-refractivity contribution is 4.95. The fourth-order valence-corrected chi connectivity index (χ4v) is 1.77. The molecule has 1 fully saturated rings. The Morgan fingerprint density at radius 1 is 1.54 bits per heavy atom. The lowest BCUT2D eigenvalue weighted by Crippen LogP contribution is -2.48. The number of nitrogens with zero attached hydrogens (tertiary/aromatic N) is 1. The molecule has 0 radical (unpaired) electrons. The largest absolute Gasteiger partial charge is 0.394 e. The Morgan fingerprint density at radius 2 is 2.15 bits per heavy atom. The van der Waals surface area contributed by atoms with E-state index in [2.05, 4.69) is 0 Å². The predicted octanol–water partition coefficient (Wildman–Crippen LogP) is -0.815. The first-order valence-corrected chi connectivity index (χ1v) is 4.70. The van der Waals surface area contributed by atoms with Crippen molar-refractivity contribution in [1.29, 1.82) is 0 Å². The molecule has 0 aromatic heterocycles. The van der Waals surface area contributed by atoms with Gasteiger partial charge in [0, 0.05) is 18.6 Å². The number of hydrogen-bond donors (Lipinski definition) is 3. The van der Waals surface area contributed by atoms with E-state index in [1.807, 2.05) is 18.7 Å². The lowest BCUT2D eigenvalue weighted by atomic mass is 9.98. The quantitative estimate of drug-likeness (QED) is 0.543. The van der Waals surface area contributed by atoms with Crippen LogP contribution >= 0.6 is 0 Å². The van der Waals surface area contributed by atoms with Gasteiger partial charge >= 0.3 is 0 Å². The minimum atomic E-state index is -0.704. The second-order valence-electron chi connectivity index (χ2n) is 4.24. The van der Waals surface area contributed by atoms with Gasteiger partial charge in [-0.25, -0.2) is 0 Å². The molecule has 0 spiro atoms. The van der Waals surface area contributed by atoms with Gasteiger partial charge in [-0.05, 0) is 20.3 Å². The SMILES string of the molecule is CC1(C)C(O)CCN1CC(O)CO. The molecule has 4 heteroatoms. The predicted molar refractivity (Wildman–Crippen MR) is 49.4 cm³/mol. The van der Waals surface area contributed by atoms with Crippen LogP contribution in [0.1, 0.15) is 20.3 Å². The zero-order valence-corrected chi connectivity index (χ0v) is 8.27. The smallest absolute Gasteiger partial charge is 0.0897 e. The van der Waals surface area contributed by atoms with Gasteiger partial charge in [-0.2, -0.15) is 0 Å². The number of rotatable bonds is 3. The summed E-state index contributed by atoms with van der Waals surface area (Å²) in [5.74, 6) is 0. The summed E-state index contributed by atoms with van der Waals surface area (Å²) in [5, 5.41) is 27.6. The summed E-state index contributed by atoms with van der Waals surface area (Å²) in [5.41, 5.74) is -0.282. The van der Waals surface area contributed by atoms with Crippen molar-refractivity contribution in [3.8, 4) is 0 Å². The van der Waals surface area contributed by atoms with E-state index in [-0.39, 0.29) is 18.2 Å². The first-order chi connectivity index (χ1) is 5.98. The van der Waals surface area contributed by atoms with Gasteiger partial charge in [0.25, 0.3) is 0 Å². The third kappa shape index (κ3) is 2.20. The highest BCUT2D eigenvalue weighted by Gasteiger charge is 2.40. The number of aliphatic hydroxyl groups is 3. The molecule has 13 heavy (non-hydrogen) atoms. The van der Waals surface area contributed by atoms with E-state index in [0.29, 0.717) is 6.54 Å². The Labute approximate surface area is 78.8 Å². The lowest BCUT2D eigenvalue weighted by molar-refractivity contribution is 0.00885. The fraction of sp³-hybridized carbons (Fsp3) is 1.00. The standard InChI is InChI=1S/C9H19NO3/c1-9(2)8(13)3-4-10(9)5-7(12)6-11/h7-8,11-13H,3-6H2,1-2H3. The highest BCUT2D eigenvalue weighted by Crippen LogP contribution is 2.28. The summed E-state index contributed by atoms with van der Waals surface area (Å²) in [7, 11) is 0. The van der Waals surface area contributed by atoms with E-state index in [1.54, 1.807) is 0 Å². The van der Waals surface area contributed by atoms with Crippen LogP contribution in [-0.4, -0.2) is 57.7 Å². The molecular formula is C9H19NO3. The van der Waals surface area contributed by atoms with Crippen LogP contribution in [0.25, 0.3) is 0 Å². The third-order valence-electron chi connectivity index (χ3n) is 2.94. The van der Waals surface area contributed by atoms with Crippen LogP contribution in [0.4, 0.5) is 0 Å². The van der Waals surface area contributed by atoms with Crippen LogP contribution in [0.3, 0.4) is 0 Å². The van der Waals surface area contributed by atoms with Gasteiger partial charge in [0.2, 0.25) is 0 Å². The van der Waals surface area contributed by atoms with E-state index < -0.39 is 6.10 Å². The summed E-state index contributed by atoms with van der Waals surface area (Å²) in [6.45, 7) is 4.90. The molecule has 0 aromatic rings. The molecule has 3 N–H and O–H groups in total. The Balaban J connectivity index is 2.52. The molecule has 1 aliphatic heterocycles. The van der Waals surface area contributed by atoms with Crippen LogP contribution in [0.15, 0.2) is 0 Å². The van der Waals surface area contributed by atoms with E-state index in [4.69, 9.17) is 5.11 Å². The van der Waals surface area contributed by atoms with E-state index in [9.17, 15) is 10.2 Å².